The number of nitrogens with zero attached hydrogens (tertiary/aromatic N) is 3. The first-order valence-electron chi connectivity index (χ1n) is 8.72. The summed E-state index contributed by atoms with van der Waals surface area (Å²) < 4.78 is 38.4. The van der Waals surface area contributed by atoms with Gasteiger partial charge in [0, 0.05) is 31.9 Å². The third-order valence-electron chi connectivity index (χ3n) is 4.61. The molecule has 1 N–H and O–H groups in total. The van der Waals surface area contributed by atoms with Gasteiger partial charge >= 0.3 is 0 Å². The lowest BCUT2D eigenvalue weighted by Gasteiger charge is -2.15. The Bertz CT molecular complexity index is 916. The van der Waals surface area contributed by atoms with Gasteiger partial charge in [-0.15, -0.1) is 0 Å². The van der Waals surface area contributed by atoms with E-state index in [-0.39, 0.29) is 12.4 Å². The number of hydrogen-bond acceptors (Lipinski definition) is 5. The lowest BCUT2D eigenvalue weighted by atomic mass is 10.2. The third-order valence-corrected chi connectivity index (χ3v) is 4.61. The van der Waals surface area contributed by atoms with E-state index in [1.165, 1.54) is 12.1 Å². The highest BCUT2D eigenvalue weighted by molar-refractivity contribution is 5.74. The molecule has 1 aromatic carbocycles. The standard InChI is InChI=1S/C19H20F2N4O2/c1-26-19-5-2-12(7-22-19)8-25-9-14(21)17(10-25)27-11-18-23-15-4-3-13(20)6-16(15)24-18/h2-7,14,17H,8-11H2,1H3,(H,23,24). The first-order valence-corrected chi connectivity index (χ1v) is 8.72. The van der Waals surface area contributed by atoms with Crippen molar-refractivity contribution >= 4 is 11.0 Å². The van der Waals surface area contributed by atoms with E-state index in [2.05, 4.69) is 15.0 Å². The number of ether oxygens (including phenoxy) is 2. The second-order valence-corrected chi connectivity index (χ2v) is 6.61. The summed E-state index contributed by atoms with van der Waals surface area (Å²) in [6.07, 6.45) is 0.132. The van der Waals surface area contributed by atoms with Crippen LogP contribution in [0.15, 0.2) is 36.5 Å². The Morgan fingerprint density at radius 1 is 1.26 bits per heavy atom. The van der Waals surface area contributed by atoms with E-state index in [4.69, 9.17) is 9.47 Å². The number of pyridine rings is 1. The molecule has 6 nitrogen and oxygen atoms in total. The van der Waals surface area contributed by atoms with Gasteiger partial charge in [-0.3, -0.25) is 4.90 Å². The zero-order valence-electron chi connectivity index (χ0n) is 14.9. The topological polar surface area (TPSA) is 63.3 Å². The number of H-pyrrole nitrogens is 1. The highest BCUT2D eigenvalue weighted by atomic mass is 19.1. The SMILES string of the molecule is COc1ccc(CN2CC(F)C(OCc3nc4ccc(F)cc4[nH]3)C2)cn1. The molecule has 1 aliphatic rings. The molecule has 27 heavy (non-hydrogen) atoms. The number of halogens is 2. The summed E-state index contributed by atoms with van der Waals surface area (Å²) >= 11 is 0. The van der Waals surface area contributed by atoms with Crippen molar-refractivity contribution in [2.45, 2.75) is 25.4 Å². The molecular weight excluding hydrogens is 354 g/mol. The van der Waals surface area contributed by atoms with Gasteiger partial charge in [-0.25, -0.2) is 18.7 Å². The Morgan fingerprint density at radius 2 is 2.15 bits per heavy atom. The van der Waals surface area contributed by atoms with Crippen molar-refractivity contribution in [2.24, 2.45) is 0 Å². The number of aromatic nitrogens is 3. The van der Waals surface area contributed by atoms with E-state index >= 15 is 0 Å². The summed E-state index contributed by atoms with van der Waals surface area (Å²) in [6.45, 7) is 1.55. The van der Waals surface area contributed by atoms with Gasteiger partial charge in [0.1, 0.15) is 30.5 Å². The maximum atomic E-state index is 14.3. The number of nitrogens with one attached hydrogen (secondary N) is 1. The number of alkyl halides is 1. The molecule has 2 atom stereocenters. The van der Waals surface area contributed by atoms with Crippen LogP contribution in [0.25, 0.3) is 11.0 Å². The lowest BCUT2D eigenvalue weighted by molar-refractivity contribution is 0.00863. The number of methoxy groups -OCH3 is 1. The first-order chi connectivity index (χ1) is 13.1. The Balaban J connectivity index is 1.33. The fourth-order valence-corrected chi connectivity index (χ4v) is 3.27. The van der Waals surface area contributed by atoms with Crippen LogP contribution in [-0.2, 0) is 17.9 Å². The van der Waals surface area contributed by atoms with E-state index in [9.17, 15) is 8.78 Å². The summed E-state index contributed by atoms with van der Waals surface area (Å²) in [4.78, 5) is 13.5. The van der Waals surface area contributed by atoms with Crippen LogP contribution in [-0.4, -0.2) is 52.3 Å². The molecule has 1 fully saturated rings. The molecule has 8 heteroatoms. The van der Waals surface area contributed by atoms with Gasteiger partial charge in [-0.2, -0.15) is 0 Å². The Labute approximate surface area is 155 Å². The molecular formula is C19H20F2N4O2. The molecule has 1 saturated heterocycles. The second-order valence-electron chi connectivity index (χ2n) is 6.61. The minimum absolute atomic E-state index is 0.152. The number of imidazole rings is 1. The van der Waals surface area contributed by atoms with Crippen LogP contribution in [0, 0.1) is 5.82 Å². The van der Waals surface area contributed by atoms with Gasteiger partial charge in [0.15, 0.2) is 0 Å². The summed E-state index contributed by atoms with van der Waals surface area (Å²) in [5.74, 6) is 0.776. The third kappa shape index (κ3) is 4.06. The lowest BCUT2D eigenvalue weighted by Crippen LogP contribution is -2.24. The fraction of sp³-hybridized carbons (Fsp3) is 0.368. The Morgan fingerprint density at radius 3 is 2.93 bits per heavy atom. The molecule has 0 spiro atoms. The van der Waals surface area contributed by atoms with Crippen LogP contribution in [0.1, 0.15) is 11.4 Å². The Kier molecular flexibility index (Phi) is 5.00. The molecule has 3 heterocycles. The van der Waals surface area contributed by atoms with Crippen LogP contribution >= 0.6 is 0 Å². The van der Waals surface area contributed by atoms with Crippen LogP contribution in [0.3, 0.4) is 0 Å². The Hall–Kier alpha value is -2.58. The number of benzene rings is 1. The molecule has 0 saturated carbocycles. The number of hydrogen-bond donors (Lipinski definition) is 1. The molecule has 3 aromatic rings. The van der Waals surface area contributed by atoms with Gasteiger partial charge in [0.2, 0.25) is 5.88 Å². The average molecular weight is 374 g/mol. The number of rotatable bonds is 6. The fourth-order valence-electron chi connectivity index (χ4n) is 3.27. The van der Waals surface area contributed by atoms with E-state index in [1.807, 2.05) is 11.0 Å². The maximum absolute atomic E-state index is 14.3. The minimum atomic E-state index is -1.07. The second kappa shape index (κ2) is 7.58. The van der Waals surface area contributed by atoms with E-state index in [0.717, 1.165) is 5.56 Å². The predicted molar refractivity (Wildman–Crippen MR) is 95.6 cm³/mol. The van der Waals surface area contributed by atoms with Gasteiger partial charge in [0.05, 0.1) is 18.1 Å². The first kappa shape index (κ1) is 17.8. The molecule has 0 aliphatic carbocycles. The van der Waals surface area contributed by atoms with Crippen molar-refractivity contribution in [3.05, 3.63) is 53.7 Å². The molecule has 0 amide bonds. The van der Waals surface area contributed by atoms with Gasteiger partial charge in [-0.1, -0.05) is 6.07 Å². The van der Waals surface area contributed by atoms with Crippen LogP contribution in [0.4, 0.5) is 8.78 Å². The predicted octanol–water partition coefficient (Wildman–Crippen LogP) is 2.84. The van der Waals surface area contributed by atoms with Crippen molar-refractivity contribution in [3.8, 4) is 5.88 Å². The van der Waals surface area contributed by atoms with Gasteiger partial charge < -0.3 is 14.5 Å². The molecule has 2 aromatic heterocycles. The number of likely N-dealkylation sites (tertiary alicyclic amines) is 1. The molecule has 0 bridgehead atoms. The summed E-state index contributed by atoms with van der Waals surface area (Å²) in [6, 6.07) is 8.04. The molecule has 1 aliphatic heterocycles. The van der Waals surface area contributed by atoms with Gasteiger partial charge in [0.25, 0.3) is 0 Å². The minimum Gasteiger partial charge on any atom is -0.481 e. The zero-order valence-corrected chi connectivity index (χ0v) is 14.9. The van der Waals surface area contributed by atoms with E-state index in [0.29, 0.717) is 42.4 Å². The molecule has 142 valence electrons. The molecule has 2 unspecified atom stereocenters. The monoisotopic (exact) mass is 374 g/mol. The number of fused-ring (bicyclic) bond motifs is 1. The normalized spacial score (nSPS) is 20.4. The van der Waals surface area contributed by atoms with Crippen LogP contribution in [0.2, 0.25) is 0 Å². The number of aromatic amines is 1. The van der Waals surface area contributed by atoms with Crippen molar-refractivity contribution < 1.29 is 18.3 Å². The quantitative estimate of drug-likeness (QED) is 0.719. The maximum Gasteiger partial charge on any atom is 0.212 e. The molecule has 0 radical (unpaired) electrons. The van der Waals surface area contributed by atoms with E-state index < -0.39 is 12.3 Å². The van der Waals surface area contributed by atoms with E-state index in [1.54, 1.807) is 25.4 Å². The van der Waals surface area contributed by atoms with Crippen molar-refractivity contribution in [1.29, 1.82) is 0 Å². The highest BCUT2D eigenvalue weighted by Gasteiger charge is 2.33. The van der Waals surface area contributed by atoms with Crippen molar-refractivity contribution in [3.63, 3.8) is 0 Å². The summed E-state index contributed by atoms with van der Waals surface area (Å²) in [7, 11) is 1.57. The smallest absolute Gasteiger partial charge is 0.212 e. The highest BCUT2D eigenvalue weighted by Crippen LogP contribution is 2.21. The largest absolute Gasteiger partial charge is 0.481 e. The van der Waals surface area contributed by atoms with Crippen LogP contribution in [0.5, 0.6) is 5.88 Å². The van der Waals surface area contributed by atoms with Crippen LogP contribution < -0.4 is 4.74 Å². The zero-order chi connectivity index (χ0) is 18.8. The summed E-state index contributed by atoms with van der Waals surface area (Å²) in [5, 5.41) is 0. The molecule has 4 rings (SSSR count). The summed E-state index contributed by atoms with van der Waals surface area (Å²) in [5.41, 5.74) is 2.25. The average Bonchev–Trinajstić information content (AvgIpc) is 3.22. The van der Waals surface area contributed by atoms with Crippen molar-refractivity contribution in [2.75, 3.05) is 20.2 Å². The van der Waals surface area contributed by atoms with Gasteiger partial charge in [-0.05, 0) is 23.8 Å². The van der Waals surface area contributed by atoms with Crippen molar-refractivity contribution in [1.82, 2.24) is 19.9 Å².